The molecular weight excluding hydrogens is 444 g/mol. The smallest absolute Gasteiger partial charge is 0.0731 e. The molecule has 0 heterocycles. The number of benzene rings is 5. The maximum Gasteiger partial charge on any atom is 0.0731 e. The number of hydrogen-bond donors (Lipinski definition) is 0. The number of hydrogen-bond acceptors (Lipinski definition) is 0. The van der Waals surface area contributed by atoms with Crippen molar-refractivity contribution in [1.29, 1.82) is 0 Å². The molecule has 1 spiro atoms. The number of aryl methyl sites for hydroxylation is 3. The Morgan fingerprint density at radius 1 is 0.486 bits per heavy atom. The highest BCUT2D eigenvalue weighted by Crippen LogP contribution is 2.64. The van der Waals surface area contributed by atoms with E-state index in [9.17, 15) is 0 Å². The van der Waals surface area contributed by atoms with Crippen LogP contribution in [0.25, 0.3) is 33.4 Å². The lowest BCUT2D eigenvalue weighted by atomic mass is 9.68. The lowest BCUT2D eigenvalue weighted by Crippen LogP contribution is -2.27. The Morgan fingerprint density at radius 2 is 0.943 bits per heavy atom. The van der Waals surface area contributed by atoms with Gasteiger partial charge in [-0.05, 0) is 88.5 Å². The number of halogens is 1. The molecule has 0 nitrogen and oxygen atoms in total. The summed E-state index contributed by atoms with van der Waals surface area (Å²) in [5.41, 5.74) is 16.9. The van der Waals surface area contributed by atoms with Crippen LogP contribution in [-0.4, -0.2) is 0 Å². The molecule has 0 aliphatic heterocycles. The van der Waals surface area contributed by atoms with Crippen molar-refractivity contribution >= 4 is 11.6 Å². The molecule has 5 aromatic rings. The van der Waals surface area contributed by atoms with E-state index < -0.39 is 0 Å². The van der Waals surface area contributed by atoms with E-state index in [1.807, 2.05) is 12.1 Å². The Hall–Kier alpha value is -3.61. The van der Waals surface area contributed by atoms with Crippen molar-refractivity contribution in [2.24, 2.45) is 0 Å². The molecule has 0 radical (unpaired) electrons. The topological polar surface area (TPSA) is 0 Å². The van der Waals surface area contributed by atoms with E-state index in [2.05, 4.69) is 106 Å². The second-order valence-electron chi connectivity index (χ2n) is 10.1. The Morgan fingerprint density at radius 3 is 1.46 bits per heavy atom. The summed E-state index contributed by atoms with van der Waals surface area (Å²) in [7, 11) is 0. The van der Waals surface area contributed by atoms with E-state index in [1.165, 1.54) is 72.3 Å². The van der Waals surface area contributed by atoms with Crippen LogP contribution in [0.3, 0.4) is 0 Å². The SMILES string of the molecule is Cc1ccc2c(c1)C1(c3cc(C)ccc3-2)c2cc(C)ccc2-c2cccc(-c3ccc(Cl)cc3)c21. The van der Waals surface area contributed by atoms with Crippen LogP contribution in [-0.2, 0) is 5.41 Å². The van der Waals surface area contributed by atoms with Crippen LogP contribution in [0.1, 0.15) is 38.9 Å². The van der Waals surface area contributed by atoms with Gasteiger partial charge in [0.15, 0.2) is 0 Å². The van der Waals surface area contributed by atoms with Crippen molar-refractivity contribution in [2.75, 3.05) is 0 Å². The average Bonchev–Trinajstić information content (AvgIpc) is 3.30. The monoisotopic (exact) mass is 468 g/mol. The maximum absolute atomic E-state index is 6.30. The van der Waals surface area contributed by atoms with Crippen LogP contribution in [0, 0.1) is 20.8 Å². The largest absolute Gasteiger partial charge is 0.0843 e. The minimum absolute atomic E-state index is 0.352. The van der Waals surface area contributed by atoms with E-state index in [0.29, 0.717) is 0 Å². The third kappa shape index (κ3) is 2.69. The molecular formula is C34H25Cl. The lowest BCUT2D eigenvalue weighted by molar-refractivity contribution is 0.792. The summed E-state index contributed by atoms with van der Waals surface area (Å²) in [6.07, 6.45) is 0. The van der Waals surface area contributed by atoms with Gasteiger partial charge in [-0.25, -0.2) is 0 Å². The number of fused-ring (bicyclic) bond motifs is 10. The molecule has 0 unspecified atom stereocenters. The van der Waals surface area contributed by atoms with E-state index in [1.54, 1.807) is 0 Å². The summed E-state index contributed by atoms with van der Waals surface area (Å²) in [5.74, 6) is 0. The van der Waals surface area contributed by atoms with Crippen molar-refractivity contribution in [3.8, 4) is 33.4 Å². The fraction of sp³-hybridized carbons (Fsp3) is 0.118. The first kappa shape index (κ1) is 20.7. The zero-order chi connectivity index (χ0) is 23.9. The van der Waals surface area contributed by atoms with Gasteiger partial charge in [0, 0.05) is 5.02 Å². The Balaban J connectivity index is 1.71. The second kappa shape index (κ2) is 7.20. The molecule has 2 aliphatic rings. The van der Waals surface area contributed by atoms with Crippen LogP contribution in [0.5, 0.6) is 0 Å². The normalized spacial score (nSPS) is 13.9. The van der Waals surface area contributed by atoms with E-state index in [-0.39, 0.29) is 5.41 Å². The van der Waals surface area contributed by atoms with Gasteiger partial charge in [0.25, 0.3) is 0 Å². The molecule has 0 bridgehead atoms. The lowest BCUT2D eigenvalue weighted by Gasteiger charge is -2.33. The molecule has 168 valence electrons. The minimum atomic E-state index is -0.352. The van der Waals surface area contributed by atoms with Gasteiger partial charge in [0.1, 0.15) is 0 Å². The van der Waals surface area contributed by atoms with Crippen molar-refractivity contribution in [3.63, 3.8) is 0 Å². The predicted molar refractivity (Wildman–Crippen MR) is 147 cm³/mol. The standard InChI is InChI=1S/C34H25Cl/c1-20-7-14-26-27-15-8-21(2)18-31(27)34(30(26)17-20)32-19-22(3)9-16-28(32)29-6-4-5-25(33(29)34)23-10-12-24(35)13-11-23/h4-19H,1-3H3. The highest BCUT2D eigenvalue weighted by molar-refractivity contribution is 6.30. The van der Waals surface area contributed by atoms with Crippen molar-refractivity contribution in [1.82, 2.24) is 0 Å². The zero-order valence-electron chi connectivity index (χ0n) is 20.1. The van der Waals surface area contributed by atoms with E-state index in [0.717, 1.165) is 5.02 Å². The Kier molecular flexibility index (Phi) is 4.26. The van der Waals surface area contributed by atoms with Gasteiger partial charge in [-0.2, -0.15) is 0 Å². The minimum Gasteiger partial charge on any atom is -0.0843 e. The summed E-state index contributed by atoms with van der Waals surface area (Å²) < 4.78 is 0. The Labute approximate surface area is 211 Å². The third-order valence-corrected chi connectivity index (χ3v) is 8.16. The van der Waals surface area contributed by atoms with Crippen molar-refractivity contribution in [2.45, 2.75) is 26.2 Å². The molecule has 0 atom stereocenters. The van der Waals surface area contributed by atoms with Gasteiger partial charge in [-0.15, -0.1) is 0 Å². The fourth-order valence-electron chi connectivity index (χ4n) is 6.50. The van der Waals surface area contributed by atoms with Gasteiger partial charge >= 0.3 is 0 Å². The third-order valence-electron chi connectivity index (χ3n) is 7.91. The van der Waals surface area contributed by atoms with Gasteiger partial charge in [0.05, 0.1) is 5.41 Å². The number of rotatable bonds is 1. The summed E-state index contributed by atoms with van der Waals surface area (Å²) in [4.78, 5) is 0. The van der Waals surface area contributed by atoms with Gasteiger partial charge in [-0.3, -0.25) is 0 Å². The summed E-state index contributed by atoms with van der Waals surface area (Å²) in [6.45, 7) is 6.63. The molecule has 35 heavy (non-hydrogen) atoms. The molecule has 1 heteroatoms. The molecule has 0 amide bonds. The zero-order valence-corrected chi connectivity index (χ0v) is 20.9. The molecule has 0 saturated heterocycles. The predicted octanol–water partition coefficient (Wildman–Crippen LogP) is 9.28. The summed E-state index contributed by atoms with van der Waals surface area (Å²) >= 11 is 6.30. The van der Waals surface area contributed by atoms with Crippen LogP contribution < -0.4 is 0 Å². The first-order valence-electron chi connectivity index (χ1n) is 12.2. The molecule has 0 saturated carbocycles. The summed E-state index contributed by atoms with van der Waals surface area (Å²) in [6, 6.07) is 36.1. The van der Waals surface area contributed by atoms with Gasteiger partial charge in [-0.1, -0.05) is 113 Å². The van der Waals surface area contributed by atoms with Crippen LogP contribution in [0.15, 0.2) is 97.1 Å². The van der Waals surface area contributed by atoms with Crippen LogP contribution >= 0.6 is 11.6 Å². The maximum atomic E-state index is 6.30. The first-order chi connectivity index (χ1) is 17.0. The fourth-order valence-corrected chi connectivity index (χ4v) is 6.63. The molecule has 5 aromatic carbocycles. The summed E-state index contributed by atoms with van der Waals surface area (Å²) in [5, 5.41) is 0.762. The molecule has 0 N–H and O–H groups in total. The van der Waals surface area contributed by atoms with Crippen molar-refractivity contribution < 1.29 is 0 Å². The van der Waals surface area contributed by atoms with E-state index >= 15 is 0 Å². The second-order valence-corrected chi connectivity index (χ2v) is 10.6. The van der Waals surface area contributed by atoms with Crippen LogP contribution in [0.4, 0.5) is 0 Å². The molecule has 2 aliphatic carbocycles. The highest BCUT2D eigenvalue weighted by atomic mass is 35.5. The average molecular weight is 469 g/mol. The highest BCUT2D eigenvalue weighted by Gasteiger charge is 2.52. The molecule has 0 fully saturated rings. The van der Waals surface area contributed by atoms with Crippen LogP contribution in [0.2, 0.25) is 5.02 Å². The molecule has 7 rings (SSSR count). The van der Waals surface area contributed by atoms with Gasteiger partial charge in [0.2, 0.25) is 0 Å². The first-order valence-corrected chi connectivity index (χ1v) is 12.6. The quantitative estimate of drug-likeness (QED) is 0.225. The van der Waals surface area contributed by atoms with Gasteiger partial charge < -0.3 is 0 Å². The van der Waals surface area contributed by atoms with Crippen molar-refractivity contribution in [3.05, 3.63) is 141 Å². The molecule has 0 aromatic heterocycles. The Bertz CT molecular complexity index is 1600. The van der Waals surface area contributed by atoms with E-state index in [4.69, 9.17) is 11.6 Å².